The van der Waals surface area contributed by atoms with Gasteiger partial charge in [-0.25, -0.2) is 4.68 Å². The lowest BCUT2D eigenvalue weighted by Crippen LogP contribution is -2.54. The van der Waals surface area contributed by atoms with Crippen LogP contribution in [0.3, 0.4) is 0 Å². The van der Waals surface area contributed by atoms with Gasteiger partial charge in [-0.1, -0.05) is 5.21 Å². The summed E-state index contributed by atoms with van der Waals surface area (Å²) >= 11 is 1.42. The zero-order valence-corrected chi connectivity index (χ0v) is 27.3. The zero-order chi connectivity index (χ0) is 35.4. The molecule has 0 bridgehead atoms. The third-order valence-electron chi connectivity index (χ3n) is 6.61. The number of aliphatic imine (C=N–C) groups is 1. The summed E-state index contributed by atoms with van der Waals surface area (Å²) in [5, 5.41) is 18.3. The van der Waals surface area contributed by atoms with Crippen LogP contribution in [0.1, 0.15) is 55.4 Å². The van der Waals surface area contributed by atoms with Crippen LogP contribution in [0.4, 0.5) is 0 Å². The van der Waals surface area contributed by atoms with E-state index in [-0.39, 0.29) is 31.2 Å². The Kier molecular flexibility index (Phi) is 19.1. The Morgan fingerprint density at radius 3 is 2.15 bits per heavy atom. The Labute approximate surface area is 276 Å². The van der Waals surface area contributed by atoms with Crippen LogP contribution in [0, 0.1) is 0 Å². The number of hydrogen-bond acceptors (Lipinski definition) is 12. The minimum Gasteiger partial charge on any atom is -0.370 e. The fourth-order valence-electron chi connectivity index (χ4n) is 4.22. The van der Waals surface area contributed by atoms with Crippen molar-refractivity contribution in [3.05, 3.63) is 11.9 Å². The monoisotopic (exact) mass is 684 g/mol. The van der Waals surface area contributed by atoms with Crippen LogP contribution in [0.5, 0.6) is 0 Å². The number of thioether (sulfide) groups is 1. The highest BCUT2D eigenvalue weighted by Gasteiger charge is 2.28. The smallest absolute Gasteiger partial charge is 0.274 e. The van der Waals surface area contributed by atoms with Crippen LogP contribution >= 0.6 is 11.8 Å². The van der Waals surface area contributed by atoms with E-state index in [1.807, 2.05) is 6.26 Å². The Balaban J connectivity index is 3.09. The SMILES string of the molecule is CSCC[C@H](NC(=O)c1cn(C[C@H](CCCN=C(N)N)NC(=O)[C@H](CCCCN)NC(=O)CN)nn1)C(=O)N[C@@H](CC(N)=O)C(N)=O. The molecule has 47 heavy (non-hydrogen) atoms. The maximum atomic E-state index is 13.2. The van der Waals surface area contributed by atoms with E-state index in [1.54, 1.807) is 0 Å². The minimum absolute atomic E-state index is 0.0792. The first-order valence-corrected chi connectivity index (χ1v) is 16.3. The predicted octanol–water partition coefficient (Wildman–Crippen LogP) is -4.91. The van der Waals surface area contributed by atoms with Crippen molar-refractivity contribution >= 4 is 53.2 Å². The fourth-order valence-corrected chi connectivity index (χ4v) is 4.69. The fraction of sp³-hybridized carbons (Fsp3) is 0.654. The van der Waals surface area contributed by atoms with Crippen molar-refractivity contribution in [3.8, 4) is 0 Å². The molecular weight excluding hydrogens is 636 g/mol. The van der Waals surface area contributed by atoms with Gasteiger partial charge in [0.15, 0.2) is 11.7 Å². The van der Waals surface area contributed by atoms with Gasteiger partial charge in [-0.05, 0) is 57.1 Å². The molecule has 21 heteroatoms. The predicted molar refractivity (Wildman–Crippen MR) is 175 cm³/mol. The molecule has 0 spiro atoms. The van der Waals surface area contributed by atoms with E-state index in [0.29, 0.717) is 50.9 Å². The lowest BCUT2D eigenvalue weighted by atomic mass is 10.1. The molecule has 1 aromatic heterocycles. The second kappa shape index (κ2) is 22.1. The van der Waals surface area contributed by atoms with Crippen LogP contribution in [0.25, 0.3) is 0 Å². The summed E-state index contributed by atoms with van der Waals surface area (Å²) in [4.78, 5) is 78.1. The number of amides is 6. The van der Waals surface area contributed by atoms with Gasteiger partial charge in [0.2, 0.25) is 29.5 Å². The van der Waals surface area contributed by atoms with E-state index in [0.717, 1.165) is 0 Å². The van der Waals surface area contributed by atoms with Crippen LogP contribution in [-0.2, 0) is 30.5 Å². The minimum atomic E-state index is -1.35. The van der Waals surface area contributed by atoms with E-state index in [4.69, 9.17) is 34.4 Å². The topological polar surface area (TPSA) is 350 Å². The molecule has 20 nitrogen and oxygen atoms in total. The lowest BCUT2D eigenvalue weighted by Gasteiger charge is -2.23. The van der Waals surface area contributed by atoms with E-state index in [2.05, 4.69) is 36.6 Å². The summed E-state index contributed by atoms with van der Waals surface area (Å²) in [6, 6.07) is -3.84. The molecule has 0 unspecified atom stereocenters. The lowest BCUT2D eigenvalue weighted by molar-refractivity contribution is -0.130. The highest BCUT2D eigenvalue weighted by Crippen LogP contribution is 2.08. The van der Waals surface area contributed by atoms with Gasteiger partial charge in [0, 0.05) is 12.6 Å². The Morgan fingerprint density at radius 1 is 0.872 bits per heavy atom. The van der Waals surface area contributed by atoms with Gasteiger partial charge in [0.1, 0.15) is 18.1 Å². The Hall–Kier alpha value is -4.50. The third kappa shape index (κ3) is 16.6. The molecule has 0 saturated carbocycles. The second-order valence-corrected chi connectivity index (χ2v) is 11.5. The van der Waals surface area contributed by atoms with Gasteiger partial charge in [0.05, 0.1) is 25.7 Å². The highest BCUT2D eigenvalue weighted by atomic mass is 32.2. The molecule has 1 rings (SSSR count). The molecular formula is C26H48N14O6S. The maximum absolute atomic E-state index is 13.2. The van der Waals surface area contributed by atoms with Crippen molar-refractivity contribution in [2.75, 3.05) is 31.6 Å². The number of nitrogens with two attached hydrogens (primary N) is 6. The number of aromatic nitrogens is 3. The molecule has 0 aliphatic rings. The first-order chi connectivity index (χ1) is 22.3. The number of guanidine groups is 1. The van der Waals surface area contributed by atoms with Gasteiger partial charge in [-0.15, -0.1) is 5.10 Å². The van der Waals surface area contributed by atoms with Crippen LogP contribution in [-0.4, -0.2) is 112 Å². The first-order valence-electron chi connectivity index (χ1n) is 14.9. The molecule has 6 amide bonds. The summed E-state index contributed by atoms with van der Waals surface area (Å²) in [6.45, 7) is 0.517. The van der Waals surface area contributed by atoms with Crippen molar-refractivity contribution in [1.29, 1.82) is 0 Å². The molecule has 16 N–H and O–H groups in total. The molecule has 0 aliphatic heterocycles. The number of carbonyl (C=O) groups excluding carboxylic acids is 6. The number of nitrogens with one attached hydrogen (secondary N) is 4. The molecule has 0 aliphatic carbocycles. The van der Waals surface area contributed by atoms with Gasteiger partial charge < -0.3 is 55.7 Å². The Bertz CT molecular complexity index is 1220. The van der Waals surface area contributed by atoms with Crippen LogP contribution in [0.2, 0.25) is 0 Å². The van der Waals surface area contributed by atoms with Crippen molar-refractivity contribution in [1.82, 2.24) is 36.3 Å². The van der Waals surface area contributed by atoms with E-state index in [1.165, 1.54) is 22.6 Å². The Morgan fingerprint density at radius 2 is 1.55 bits per heavy atom. The number of rotatable bonds is 24. The van der Waals surface area contributed by atoms with Gasteiger partial charge in [-0.3, -0.25) is 33.8 Å². The molecule has 0 radical (unpaired) electrons. The van der Waals surface area contributed by atoms with Crippen molar-refractivity contribution < 1.29 is 28.8 Å². The van der Waals surface area contributed by atoms with E-state index >= 15 is 0 Å². The summed E-state index contributed by atoms with van der Waals surface area (Å²) in [7, 11) is 0. The van der Waals surface area contributed by atoms with Crippen molar-refractivity contribution in [2.45, 2.75) is 75.7 Å². The zero-order valence-electron chi connectivity index (χ0n) is 26.5. The molecule has 4 atom stereocenters. The average Bonchev–Trinajstić information content (AvgIpc) is 3.48. The number of nitrogens with zero attached hydrogens (tertiary/aromatic N) is 4. The highest BCUT2D eigenvalue weighted by molar-refractivity contribution is 7.98. The number of carbonyl (C=O) groups is 6. The summed E-state index contributed by atoms with van der Waals surface area (Å²) < 4.78 is 1.34. The summed E-state index contributed by atoms with van der Waals surface area (Å²) in [5.74, 6) is -3.81. The molecule has 1 heterocycles. The van der Waals surface area contributed by atoms with Gasteiger partial charge >= 0.3 is 0 Å². The molecule has 0 saturated heterocycles. The molecule has 1 aromatic rings. The molecule has 264 valence electrons. The van der Waals surface area contributed by atoms with Gasteiger partial charge in [-0.2, -0.15) is 11.8 Å². The van der Waals surface area contributed by atoms with Crippen LogP contribution < -0.4 is 55.7 Å². The average molecular weight is 685 g/mol. The van der Waals surface area contributed by atoms with Crippen molar-refractivity contribution in [2.24, 2.45) is 39.4 Å². The maximum Gasteiger partial charge on any atom is 0.274 e. The van der Waals surface area contributed by atoms with Gasteiger partial charge in [0.25, 0.3) is 5.91 Å². The van der Waals surface area contributed by atoms with Crippen molar-refractivity contribution in [3.63, 3.8) is 0 Å². The van der Waals surface area contributed by atoms with E-state index in [9.17, 15) is 28.8 Å². The number of hydrogen-bond donors (Lipinski definition) is 10. The first kappa shape index (κ1) is 40.5. The standard InChI is InChI=1S/C26H48N14O6S/c1-47-10-7-17(24(45)37-18(22(30)43)11-20(29)41)36-25(46)19-14-40(39-38-19)13-15(5-4-9-33-26(31)32)34-23(44)16(6-2-3-8-27)35-21(42)12-28/h14-18H,2-13,27-28H2,1H3,(H2,29,41)(H2,30,43)(H,34,44)(H,35,42)(H,36,46)(H,37,45)(H4,31,32,33)/t15-,16-,17-,18-/m0/s1. The largest absolute Gasteiger partial charge is 0.370 e. The number of unbranched alkanes of at least 4 members (excludes halogenated alkanes) is 1. The van der Waals surface area contributed by atoms with E-state index < -0.39 is 66.0 Å². The normalized spacial score (nSPS) is 13.3. The quantitative estimate of drug-likeness (QED) is 0.0278. The molecule has 0 fully saturated rings. The summed E-state index contributed by atoms with van der Waals surface area (Å²) in [6.07, 6.45) is 5.30. The summed E-state index contributed by atoms with van der Waals surface area (Å²) in [5.41, 5.74) is 32.1. The second-order valence-electron chi connectivity index (χ2n) is 10.5. The van der Waals surface area contributed by atoms with Crippen LogP contribution in [0.15, 0.2) is 11.2 Å². The third-order valence-corrected chi connectivity index (χ3v) is 7.26. The number of primary amides is 2. The molecule has 0 aromatic carbocycles.